The Morgan fingerprint density at radius 1 is 1.11 bits per heavy atom. The van der Waals surface area contributed by atoms with Crippen LogP contribution in [0.15, 0.2) is 47.0 Å². The number of hydrogen-bond acceptors (Lipinski definition) is 7. The van der Waals surface area contributed by atoms with Gasteiger partial charge in [0.15, 0.2) is 11.5 Å². The average Bonchev–Trinajstić information content (AvgIpc) is 3.71. The highest BCUT2D eigenvalue weighted by Gasteiger charge is 2.54. The summed E-state index contributed by atoms with van der Waals surface area (Å²) in [5.74, 6) is 0.283. The van der Waals surface area contributed by atoms with E-state index in [1.807, 2.05) is 11.0 Å². The quantitative estimate of drug-likeness (QED) is 0.213. The summed E-state index contributed by atoms with van der Waals surface area (Å²) in [6.07, 6.45) is 14.2. The molecule has 256 valence electrons. The normalized spacial score (nSPS) is 31.0. The van der Waals surface area contributed by atoms with Crippen LogP contribution in [0.2, 0.25) is 0 Å². The molecule has 2 fully saturated rings. The van der Waals surface area contributed by atoms with E-state index in [4.69, 9.17) is 14.6 Å². The molecule has 0 aromatic carbocycles. The van der Waals surface area contributed by atoms with Gasteiger partial charge in [-0.2, -0.15) is 0 Å². The minimum absolute atomic E-state index is 0.0885. The van der Waals surface area contributed by atoms with E-state index in [1.165, 1.54) is 5.57 Å². The molecular weight excluding hydrogens is 584 g/mol. The molecule has 0 aromatic heterocycles. The number of carbonyl (C=O) groups excluding carboxylic acids is 1. The number of fused-ring (bicyclic) bond motifs is 1. The molecule has 6 atom stereocenters. The second kappa shape index (κ2) is 15.0. The Bertz CT molecular complexity index is 1240. The molecule has 0 saturated carbocycles. The summed E-state index contributed by atoms with van der Waals surface area (Å²) >= 11 is 0. The van der Waals surface area contributed by atoms with E-state index in [0.29, 0.717) is 37.6 Å². The number of ether oxygens (including phenoxy) is 2. The fourth-order valence-corrected chi connectivity index (χ4v) is 8.17. The number of allylic oxidation sites excluding steroid dienone is 3. The molecule has 46 heavy (non-hydrogen) atoms. The minimum atomic E-state index is -0.813. The van der Waals surface area contributed by atoms with Crippen LogP contribution in [0.25, 0.3) is 0 Å². The van der Waals surface area contributed by atoms with Gasteiger partial charge in [-0.3, -0.25) is 14.5 Å². The molecule has 0 aromatic rings. The molecule has 3 N–H and O–H groups in total. The molecule has 3 unspecified atom stereocenters. The summed E-state index contributed by atoms with van der Waals surface area (Å²) in [6, 6.07) is -0.313. The minimum Gasteiger partial charge on any atom is -0.481 e. The van der Waals surface area contributed by atoms with E-state index >= 15 is 0 Å². The molecule has 2 saturated heterocycles. The zero-order chi connectivity index (χ0) is 33.0. The average molecular weight is 642 g/mol. The molecule has 10 nitrogen and oxygen atoms in total. The highest BCUT2D eigenvalue weighted by Crippen LogP contribution is 2.49. The predicted octanol–water partition coefficient (Wildman–Crippen LogP) is 3.79. The van der Waals surface area contributed by atoms with Crippen molar-refractivity contribution in [1.29, 1.82) is 0 Å². The van der Waals surface area contributed by atoms with Crippen molar-refractivity contribution in [2.45, 2.75) is 78.0 Å². The number of carboxylic acids is 1. The maximum Gasteiger partial charge on any atom is 0.308 e. The molecular formula is C36H57N4O6+. The Morgan fingerprint density at radius 2 is 1.85 bits per heavy atom. The Morgan fingerprint density at radius 3 is 2.57 bits per heavy atom. The molecule has 0 radical (unpaired) electrons. The van der Waals surface area contributed by atoms with Gasteiger partial charge in [0.25, 0.3) is 0 Å². The number of hydrogen-bond donors (Lipinski definition) is 1. The number of aliphatic carboxylic acids is 1. The van der Waals surface area contributed by atoms with Crippen molar-refractivity contribution in [3.05, 3.63) is 47.0 Å². The lowest BCUT2D eigenvalue weighted by atomic mass is 9.67. The smallest absolute Gasteiger partial charge is 0.308 e. The van der Waals surface area contributed by atoms with E-state index in [9.17, 15) is 14.7 Å². The van der Waals surface area contributed by atoms with Crippen LogP contribution in [0.1, 0.15) is 65.7 Å². The van der Waals surface area contributed by atoms with Crippen molar-refractivity contribution in [3.63, 3.8) is 0 Å². The van der Waals surface area contributed by atoms with E-state index in [0.717, 1.165) is 69.6 Å². The van der Waals surface area contributed by atoms with Gasteiger partial charge in [-0.1, -0.05) is 39.3 Å². The van der Waals surface area contributed by atoms with Crippen LogP contribution in [0.5, 0.6) is 0 Å². The first-order valence-corrected chi connectivity index (χ1v) is 17.4. The topological polar surface area (TPSA) is 109 Å². The summed E-state index contributed by atoms with van der Waals surface area (Å²) in [5, 5.41) is 19.8. The first-order chi connectivity index (χ1) is 22.0. The zero-order valence-electron chi connectivity index (χ0n) is 28.7. The lowest BCUT2D eigenvalue weighted by Gasteiger charge is -2.36. The van der Waals surface area contributed by atoms with Crippen molar-refractivity contribution in [1.82, 2.24) is 19.6 Å². The van der Waals surface area contributed by atoms with Crippen molar-refractivity contribution < 1.29 is 29.3 Å². The van der Waals surface area contributed by atoms with E-state index < -0.39 is 23.5 Å². The molecule has 2 aliphatic carbocycles. The van der Waals surface area contributed by atoms with Gasteiger partial charge in [0.1, 0.15) is 0 Å². The third-order valence-electron chi connectivity index (χ3n) is 11.0. The summed E-state index contributed by atoms with van der Waals surface area (Å²) < 4.78 is 11.4. The van der Waals surface area contributed by atoms with Crippen LogP contribution in [0, 0.1) is 23.2 Å². The van der Waals surface area contributed by atoms with E-state index in [2.05, 4.69) is 67.8 Å². The van der Waals surface area contributed by atoms with Gasteiger partial charge in [-0.05, 0) is 94.1 Å². The monoisotopic (exact) mass is 641 g/mol. The maximum atomic E-state index is 14.0. The Labute approximate surface area is 275 Å². The lowest BCUT2D eigenvalue weighted by Crippen LogP contribution is -2.46. The van der Waals surface area contributed by atoms with E-state index in [-0.39, 0.29) is 31.2 Å². The van der Waals surface area contributed by atoms with Gasteiger partial charge in [0.2, 0.25) is 18.9 Å². The number of amides is 1. The Balaban J connectivity index is 1.36. The molecule has 1 amide bonds. The van der Waals surface area contributed by atoms with E-state index in [1.54, 1.807) is 0 Å². The van der Waals surface area contributed by atoms with Crippen LogP contribution in [-0.4, -0.2) is 121 Å². The van der Waals surface area contributed by atoms with Gasteiger partial charge in [-0.15, -0.1) is 0 Å². The molecule has 0 spiro atoms. The lowest BCUT2D eigenvalue weighted by molar-refractivity contribution is -0.145. The van der Waals surface area contributed by atoms with Crippen molar-refractivity contribution in [2.24, 2.45) is 23.2 Å². The molecule has 3 aliphatic heterocycles. The summed E-state index contributed by atoms with van der Waals surface area (Å²) in [5.41, 5.74) is 2.00. The predicted molar refractivity (Wildman–Crippen MR) is 179 cm³/mol. The fourth-order valence-electron chi connectivity index (χ4n) is 8.17. The molecule has 5 aliphatic rings. The first kappa shape index (κ1) is 34.7. The van der Waals surface area contributed by atoms with Crippen LogP contribution >= 0.6 is 0 Å². The maximum absolute atomic E-state index is 14.0. The number of rotatable bonds is 15. The van der Waals surface area contributed by atoms with Crippen LogP contribution < -0.4 is 0 Å². The number of carbonyl (C=O) groups is 2. The third kappa shape index (κ3) is 7.56. The largest absolute Gasteiger partial charge is 0.481 e. The summed E-state index contributed by atoms with van der Waals surface area (Å²) in [6.45, 7) is 11.3. The van der Waals surface area contributed by atoms with Crippen molar-refractivity contribution in [2.75, 3.05) is 66.7 Å². The molecule has 3 heterocycles. The number of likely N-dealkylation sites (tertiary alicyclic amines) is 1. The van der Waals surface area contributed by atoms with Crippen molar-refractivity contribution >= 4 is 11.9 Å². The third-order valence-corrected chi connectivity index (χ3v) is 11.0. The van der Waals surface area contributed by atoms with Gasteiger partial charge < -0.3 is 29.5 Å². The van der Waals surface area contributed by atoms with Gasteiger partial charge in [0.05, 0.1) is 12.5 Å². The standard InChI is InChI=1S/C36H56N4O6/c1-6-7-17-38(18-9-8-16-37(4)5)32(41)23-40-22-28(36(3)15-13-30-31(20-36)46-24-45-30)33(35(43)44)29(40)14-19-39-21-27-25(2)11-10-12-26(27)34(39)42/h10,12-13,20,25,28-29,33-34,42H,6-9,11,14-19,21-24H2,1-5H3,(H,43,44)/p+1/t25?,28-,29-,33+,34?,36?/m0/s1. The van der Waals surface area contributed by atoms with Crippen molar-refractivity contribution in [3.8, 4) is 0 Å². The molecule has 0 bridgehead atoms. The highest BCUT2D eigenvalue weighted by atomic mass is 16.7. The number of carboxylic acid groups (broad SMARTS) is 1. The fraction of sp³-hybridized carbons (Fsp3) is 0.722. The second-order valence-electron chi connectivity index (χ2n) is 14.6. The Hall–Kier alpha value is -2.66. The van der Waals surface area contributed by atoms with Gasteiger partial charge in [0, 0.05) is 44.3 Å². The SMILES string of the molecule is CCCCN(CCCCN(C)C)C(=O)CN1C[C@H](C2(C)C=C3OCOC3=CC2)[C@@H](C(=O)O)[C@@H]1CCN1CC2=C(C=CCC2C)C1[OH2+]. The van der Waals surface area contributed by atoms with Crippen LogP contribution in [-0.2, 0) is 19.1 Å². The second-order valence-corrected chi connectivity index (χ2v) is 14.6. The number of nitrogens with zero attached hydrogens (tertiary/aromatic N) is 4. The first-order valence-electron chi connectivity index (χ1n) is 17.4. The molecule has 10 heteroatoms. The number of unbranched alkanes of at least 4 members (excludes halogenated alkanes) is 2. The van der Waals surface area contributed by atoms with Crippen LogP contribution in [0.3, 0.4) is 0 Å². The Kier molecular flexibility index (Phi) is 11.3. The highest BCUT2D eigenvalue weighted by molar-refractivity contribution is 5.79. The molecule has 5 rings (SSSR count). The summed E-state index contributed by atoms with van der Waals surface area (Å²) in [7, 11) is 4.14. The van der Waals surface area contributed by atoms with Crippen LogP contribution in [0.4, 0.5) is 0 Å². The zero-order valence-corrected chi connectivity index (χ0v) is 28.7. The van der Waals surface area contributed by atoms with Gasteiger partial charge >= 0.3 is 5.97 Å². The summed E-state index contributed by atoms with van der Waals surface area (Å²) in [4.78, 5) is 35.7. The van der Waals surface area contributed by atoms with Gasteiger partial charge in [-0.25, -0.2) is 4.90 Å².